The molecule has 1 aliphatic heterocycles. The zero-order chi connectivity index (χ0) is 21.1. The van der Waals surface area contributed by atoms with E-state index in [9.17, 15) is 13.2 Å². The van der Waals surface area contributed by atoms with E-state index in [1.54, 1.807) is 24.5 Å². The monoisotopic (exact) mass is 427 g/mol. The Morgan fingerprint density at radius 1 is 1.10 bits per heavy atom. The van der Waals surface area contributed by atoms with Gasteiger partial charge in [0.25, 0.3) is 5.91 Å². The van der Waals surface area contributed by atoms with Gasteiger partial charge < -0.3 is 4.42 Å². The minimum Gasteiger partial charge on any atom is -0.403 e. The van der Waals surface area contributed by atoms with Crippen molar-refractivity contribution in [3.05, 3.63) is 54.4 Å². The molecule has 2 aromatic heterocycles. The number of rotatable bonds is 5. The molecule has 1 aromatic carbocycles. The van der Waals surface area contributed by atoms with E-state index >= 15 is 0 Å². The standard InChI is InChI=1S/C20H21N5O4S/c1-14-4-2-3-13-25(14)30(27,28)17-7-5-15(6-8-17)18(26)22-20-24-23-19(29-20)16-9-11-21-12-10-16/h5-12,14H,2-4,13H2,1H3,(H,22,24,26)/t14-/m1/s1. The molecule has 9 nitrogen and oxygen atoms in total. The lowest BCUT2D eigenvalue weighted by atomic mass is 10.1. The Bertz CT molecular complexity index is 1130. The molecule has 0 radical (unpaired) electrons. The zero-order valence-electron chi connectivity index (χ0n) is 16.4. The van der Waals surface area contributed by atoms with E-state index in [0.717, 1.165) is 19.3 Å². The summed E-state index contributed by atoms with van der Waals surface area (Å²) in [6, 6.07) is 9.17. The zero-order valence-corrected chi connectivity index (χ0v) is 17.2. The van der Waals surface area contributed by atoms with Crippen LogP contribution in [-0.2, 0) is 10.0 Å². The third-order valence-electron chi connectivity index (χ3n) is 5.04. The number of pyridine rings is 1. The topological polar surface area (TPSA) is 118 Å². The summed E-state index contributed by atoms with van der Waals surface area (Å²) in [6.07, 6.45) is 5.93. The Morgan fingerprint density at radius 2 is 1.83 bits per heavy atom. The molecule has 1 saturated heterocycles. The Kier molecular flexibility index (Phi) is 5.60. The van der Waals surface area contributed by atoms with Gasteiger partial charge in [0.15, 0.2) is 0 Å². The first-order chi connectivity index (χ1) is 14.4. The van der Waals surface area contributed by atoms with Gasteiger partial charge in [0.1, 0.15) is 0 Å². The SMILES string of the molecule is C[C@@H]1CCCCN1S(=O)(=O)c1ccc(C(=O)Nc2nnc(-c3ccncc3)o2)cc1. The molecular formula is C20H21N5O4S. The van der Waals surface area contributed by atoms with Crippen LogP contribution in [0.3, 0.4) is 0 Å². The van der Waals surface area contributed by atoms with Crippen molar-refractivity contribution in [1.82, 2.24) is 19.5 Å². The summed E-state index contributed by atoms with van der Waals surface area (Å²) >= 11 is 0. The highest BCUT2D eigenvalue weighted by Crippen LogP contribution is 2.25. The molecule has 0 spiro atoms. The molecule has 0 aliphatic carbocycles. The lowest BCUT2D eigenvalue weighted by molar-refractivity contribution is 0.102. The number of anilines is 1. The predicted octanol–water partition coefficient (Wildman–Crippen LogP) is 2.95. The van der Waals surface area contributed by atoms with Crippen LogP contribution in [0.5, 0.6) is 0 Å². The van der Waals surface area contributed by atoms with E-state index in [1.807, 2.05) is 6.92 Å². The largest absolute Gasteiger partial charge is 0.403 e. The second kappa shape index (κ2) is 8.33. The number of nitrogens with zero attached hydrogens (tertiary/aromatic N) is 4. The van der Waals surface area contributed by atoms with E-state index < -0.39 is 15.9 Å². The second-order valence-corrected chi connectivity index (χ2v) is 8.98. The smallest absolute Gasteiger partial charge is 0.322 e. The van der Waals surface area contributed by atoms with Crippen molar-refractivity contribution in [1.29, 1.82) is 0 Å². The molecule has 1 atom stereocenters. The lowest BCUT2D eigenvalue weighted by Gasteiger charge is -2.32. The normalized spacial score (nSPS) is 17.6. The van der Waals surface area contributed by atoms with E-state index in [2.05, 4.69) is 20.5 Å². The maximum absolute atomic E-state index is 12.9. The van der Waals surface area contributed by atoms with Gasteiger partial charge in [0.05, 0.1) is 4.90 Å². The summed E-state index contributed by atoms with van der Waals surface area (Å²) in [5.41, 5.74) is 0.962. The quantitative estimate of drug-likeness (QED) is 0.665. The van der Waals surface area contributed by atoms with E-state index in [4.69, 9.17) is 4.42 Å². The van der Waals surface area contributed by atoms with Crippen molar-refractivity contribution in [2.24, 2.45) is 0 Å². The molecule has 10 heteroatoms. The van der Waals surface area contributed by atoms with E-state index in [0.29, 0.717) is 12.1 Å². The third kappa shape index (κ3) is 4.10. The van der Waals surface area contributed by atoms with Crippen molar-refractivity contribution >= 4 is 21.9 Å². The number of nitrogens with one attached hydrogen (secondary N) is 1. The molecule has 30 heavy (non-hydrogen) atoms. The fourth-order valence-corrected chi connectivity index (χ4v) is 5.10. The number of piperidine rings is 1. The molecule has 1 N–H and O–H groups in total. The lowest BCUT2D eigenvalue weighted by Crippen LogP contribution is -2.41. The van der Waals surface area contributed by atoms with Crippen LogP contribution < -0.4 is 5.32 Å². The molecule has 1 amide bonds. The van der Waals surface area contributed by atoms with Gasteiger partial charge in [-0.05, 0) is 56.2 Å². The molecule has 0 saturated carbocycles. The van der Waals surface area contributed by atoms with Crippen molar-refractivity contribution in [2.75, 3.05) is 11.9 Å². The second-order valence-electron chi connectivity index (χ2n) is 7.09. The Balaban J connectivity index is 1.46. The van der Waals surface area contributed by atoms with Gasteiger partial charge in [-0.3, -0.25) is 15.1 Å². The molecule has 3 heterocycles. The summed E-state index contributed by atoms with van der Waals surface area (Å²) in [5.74, 6) is -0.222. The number of amides is 1. The first-order valence-electron chi connectivity index (χ1n) is 9.62. The van der Waals surface area contributed by atoms with Gasteiger partial charge >= 0.3 is 6.01 Å². The molecule has 1 fully saturated rings. The van der Waals surface area contributed by atoms with Gasteiger partial charge in [-0.1, -0.05) is 11.5 Å². The number of hydrogen-bond donors (Lipinski definition) is 1. The fraction of sp³-hybridized carbons (Fsp3) is 0.300. The molecule has 3 aromatic rings. The highest BCUT2D eigenvalue weighted by atomic mass is 32.2. The maximum Gasteiger partial charge on any atom is 0.322 e. The number of carbonyl (C=O) groups is 1. The molecule has 0 bridgehead atoms. The molecular weight excluding hydrogens is 406 g/mol. The molecule has 0 unspecified atom stereocenters. The summed E-state index contributed by atoms with van der Waals surface area (Å²) < 4.78 is 32.8. The highest BCUT2D eigenvalue weighted by molar-refractivity contribution is 7.89. The van der Waals surface area contributed by atoms with Gasteiger partial charge in [-0.25, -0.2) is 8.42 Å². The van der Waals surface area contributed by atoms with Crippen LogP contribution in [0, 0.1) is 0 Å². The number of aromatic nitrogens is 3. The predicted molar refractivity (Wildman–Crippen MR) is 109 cm³/mol. The number of benzene rings is 1. The summed E-state index contributed by atoms with van der Waals surface area (Å²) in [4.78, 5) is 16.6. The summed E-state index contributed by atoms with van der Waals surface area (Å²) in [5, 5.41) is 10.2. The van der Waals surface area contributed by atoms with E-state index in [-0.39, 0.29) is 28.4 Å². The van der Waals surface area contributed by atoms with Crippen LogP contribution in [-0.4, -0.2) is 46.4 Å². The van der Waals surface area contributed by atoms with Gasteiger partial charge in [-0.2, -0.15) is 4.31 Å². The molecule has 4 rings (SSSR count). The van der Waals surface area contributed by atoms with Crippen molar-refractivity contribution in [2.45, 2.75) is 37.1 Å². The Hall–Kier alpha value is -3.11. The van der Waals surface area contributed by atoms with Crippen LogP contribution in [0.25, 0.3) is 11.5 Å². The van der Waals surface area contributed by atoms with Crippen LogP contribution in [0.4, 0.5) is 6.01 Å². The van der Waals surface area contributed by atoms with Crippen molar-refractivity contribution in [3.8, 4) is 11.5 Å². The van der Waals surface area contributed by atoms with Crippen LogP contribution in [0.15, 0.2) is 58.1 Å². The molecule has 1 aliphatic rings. The summed E-state index contributed by atoms with van der Waals surface area (Å²) in [7, 11) is -3.58. The molecule has 156 valence electrons. The van der Waals surface area contributed by atoms with Crippen LogP contribution in [0.1, 0.15) is 36.5 Å². The minimum absolute atomic E-state index is 0.0288. The average molecular weight is 427 g/mol. The van der Waals surface area contributed by atoms with Crippen molar-refractivity contribution < 1.29 is 17.6 Å². The average Bonchev–Trinajstić information content (AvgIpc) is 3.23. The Morgan fingerprint density at radius 3 is 2.53 bits per heavy atom. The highest BCUT2D eigenvalue weighted by Gasteiger charge is 2.31. The van der Waals surface area contributed by atoms with E-state index in [1.165, 1.54) is 28.6 Å². The van der Waals surface area contributed by atoms with Crippen LogP contribution in [0.2, 0.25) is 0 Å². The number of sulfonamides is 1. The Labute approximate surface area is 174 Å². The number of hydrogen-bond acceptors (Lipinski definition) is 7. The first-order valence-corrected chi connectivity index (χ1v) is 11.1. The van der Waals surface area contributed by atoms with Crippen molar-refractivity contribution in [3.63, 3.8) is 0 Å². The first kappa shape index (κ1) is 20.2. The van der Waals surface area contributed by atoms with Gasteiger partial charge in [0.2, 0.25) is 15.9 Å². The van der Waals surface area contributed by atoms with Gasteiger partial charge in [-0.15, -0.1) is 5.10 Å². The summed E-state index contributed by atoms with van der Waals surface area (Å²) in [6.45, 7) is 2.44. The number of carbonyl (C=O) groups excluding carboxylic acids is 1. The minimum atomic E-state index is -3.58. The van der Waals surface area contributed by atoms with Gasteiger partial charge in [0, 0.05) is 36.1 Å². The maximum atomic E-state index is 12.9. The fourth-order valence-electron chi connectivity index (χ4n) is 3.40. The third-order valence-corrected chi connectivity index (χ3v) is 7.07. The van der Waals surface area contributed by atoms with Crippen LogP contribution >= 0.6 is 0 Å².